The van der Waals surface area contributed by atoms with Crippen LogP contribution in [0.15, 0.2) is 59.5 Å². The Morgan fingerprint density at radius 1 is 1.00 bits per heavy atom. The fraction of sp³-hybridized carbons (Fsp3) is 0.360. The second kappa shape index (κ2) is 8.57. The first-order valence-electron chi connectivity index (χ1n) is 11.0. The highest BCUT2D eigenvalue weighted by Gasteiger charge is 2.21. The van der Waals surface area contributed by atoms with Crippen LogP contribution >= 0.6 is 0 Å². The molecule has 2 aromatic heterocycles. The molecule has 0 saturated carbocycles. The van der Waals surface area contributed by atoms with Crippen LogP contribution in [0.1, 0.15) is 45.9 Å². The number of nitrogens with zero attached hydrogens (tertiary/aromatic N) is 5. The van der Waals surface area contributed by atoms with Crippen molar-refractivity contribution in [3.8, 4) is 22.5 Å². The van der Waals surface area contributed by atoms with Crippen LogP contribution in [0.2, 0.25) is 0 Å². The Balaban J connectivity index is 1.66. The molecule has 7 heteroatoms. The lowest BCUT2D eigenvalue weighted by atomic mass is 9.98. The lowest BCUT2D eigenvalue weighted by Gasteiger charge is -2.19. The maximum absolute atomic E-state index is 13.2. The Labute approximate surface area is 188 Å². The summed E-state index contributed by atoms with van der Waals surface area (Å²) in [7, 11) is 0. The Hall–Kier alpha value is -3.48. The minimum atomic E-state index is -0.253. The van der Waals surface area contributed by atoms with Crippen LogP contribution < -0.4 is 5.69 Å². The first-order chi connectivity index (χ1) is 15.2. The van der Waals surface area contributed by atoms with Crippen LogP contribution in [-0.2, 0) is 18.5 Å². The third-order valence-electron chi connectivity index (χ3n) is 5.52. The van der Waals surface area contributed by atoms with Gasteiger partial charge in [0.05, 0.1) is 6.54 Å². The standard InChI is InChI=1S/C25H30N6O/c1-17(2)14-20-16-31(25(3,4)5)24(32)30(20)15-18-10-12-19(13-11-18)21-8-6-7-9-22(21)23-26-28-29-27-23/h6-13,16-17H,14-15H2,1-5H3,(H,26,27,28,29). The van der Waals surface area contributed by atoms with Gasteiger partial charge in [0.2, 0.25) is 5.82 Å². The number of imidazole rings is 1. The number of hydrogen-bond donors (Lipinski definition) is 1. The van der Waals surface area contributed by atoms with Crippen molar-refractivity contribution < 1.29 is 0 Å². The van der Waals surface area contributed by atoms with Crippen molar-refractivity contribution in [2.24, 2.45) is 5.92 Å². The minimum Gasteiger partial charge on any atom is -0.294 e. The van der Waals surface area contributed by atoms with Crippen LogP contribution in [0.5, 0.6) is 0 Å². The van der Waals surface area contributed by atoms with E-state index in [4.69, 9.17) is 0 Å². The first kappa shape index (κ1) is 21.7. The maximum Gasteiger partial charge on any atom is 0.329 e. The topological polar surface area (TPSA) is 81.4 Å². The molecule has 0 amide bonds. The highest BCUT2D eigenvalue weighted by molar-refractivity contribution is 5.80. The van der Waals surface area contributed by atoms with Gasteiger partial charge in [-0.2, -0.15) is 5.21 Å². The summed E-state index contributed by atoms with van der Waals surface area (Å²) in [5.74, 6) is 1.04. The second-order valence-electron chi connectivity index (χ2n) is 9.61. The SMILES string of the molecule is CC(C)Cc1cn(C(C)(C)C)c(=O)n1Cc1ccc(-c2ccccc2-c2nn[nH]n2)cc1. The lowest BCUT2D eigenvalue weighted by Crippen LogP contribution is -2.34. The van der Waals surface area contributed by atoms with Gasteiger partial charge in [-0.15, -0.1) is 10.2 Å². The molecule has 0 aliphatic carbocycles. The van der Waals surface area contributed by atoms with Crippen LogP contribution in [0.25, 0.3) is 22.5 Å². The molecular weight excluding hydrogens is 400 g/mol. The number of nitrogens with one attached hydrogen (secondary N) is 1. The highest BCUT2D eigenvalue weighted by atomic mass is 16.1. The summed E-state index contributed by atoms with van der Waals surface area (Å²) in [6, 6.07) is 16.3. The number of aromatic nitrogens is 6. The van der Waals surface area contributed by atoms with Gasteiger partial charge in [-0.1, -0.05) is 62.4 Å². The summed E-state index contributed by atoms with van der Waals surface area (Å²) in [6.45, 7) is 11.1. The van der Waals surface area contributed by atoms with Crippen molar-refractivity contribution in [1.82, 2.24) is 29.8 Å². The summed E-state index contributed by atoms with van der Waals surface area (Å²) in [5.41, 5.74) is 4.98. The number of rotatable bonds is 6. The molecule has 7 nitrogen and oxygen atoms in total. The van der Waals surface area contributed by atoms with Gasteiger partial charge in [0.1, 0.15) is 0 Å². The molecule has 0 unspecified atom stereocenters. The second-order valence-corrected chi connectivity index (χ2v) is 9.61. The van der Waals surface area contributed by atoms with Gasteiger partial charge in [0.25, 0.3) is 0 Å². The Morgan fingerprint density at radius 3 is 2.28 bits per heavy atom. The molecule has 0 spiro atoms. The number of hydrogen-bond acceptors (Lipinski definition) is 4. The zero-order chi connectivity index (χ0) is 22.9. The van der Waals surface area contributed by atoms with E-state index in [-0.39, 0.29) is 11.2 Å². The molecule has 32 heavy (non-hydrogen) atoms. The third kappa shape index (κ3) is 4.42. The number of benzene rings is 2. The molecule has 2 heterocycles. The van der Waals surface area contributed by atoms with Gasteiger partial charge in [-0.3, -0.25) is 9.13 Å². The average Bonchev–Trinajstić information content (AvgIpc) is 3.38. The van der Waals surface area contributed by atoms with E-state index >= 15 is 0 Å². The molecule has 0 fully saturated rings. The van der Waals surface area contributed by atoms with E-state index in [1.165, 1.54) is 0 Å². The lowest BCUT2D eigenvalue weighted by molar-refractivity contribution is 0.380. The van der Waals surface area contributed by atoms with E-state index in [2.05, 4.69) is 85.6 Å². The van der Waals surface area contributed by atoms with E-state index in [0.29, 0.717) is 18.3 Å². The molecule has 0 atom stereocenters. The molecule has 4 aromatic rings. The maximum atomic E-state index is 13.2. The van der Waals surface area contributed by atoms with Crippen molar-refractivity contribution >= 4 is 0 Å². The predicted molar refractivity (Wildman–Crippen MR) is 126 cm³/mol. The van der Waals surface area contributed by atoms with Crippen LogP contribution in [0, 0.1) is 5.92 Å². The molecule has 0 aliphatic heterocycles. The monoisotopic (exact) mass is 430 g/mol. The van der Waals surface area contributed by atoms with Crippen molar-refractivity contribution in [3.63, 3.8) is 0 Å². The molecule has 0 saturated heterocycles. The van der Waals surface area contributed by atoms with Crippen LogP contribution in [-0.4, -0.2) is 29.8 Å². The molecule has 2 aromatic carbocycles. The summed E-state index contributed by atoms with van der Waals surface area (Å²) in [6.07, 6.45) is 2.90. The van der Waals surface area contributed by atoms with E-state index in [0.717, 1.165) is 34.4 Å². The Kier molecular flexibility index (Phi) is 5.82. The number of H-pyrrole nitrogens is 1. The Bertz CT molecular complexity index is 1240. The summed E-state index contributed by atoms with van der Waals surface area (Å²) < 4.78 is 3.76. The largest absolute Gasteiger partial charge is 0.329 e. The zero-order valence-corrected chi connectivity index (χ0v) is 19.3. The van der Waals surface area contributed by atoms with E-state index in [9.17, 15) is 4.79 Å². The zero-order valence-electron chi connectivity index (χ0n) is 19.3. The summed E-state index contributed by atoms with van der Waals surface area (Å²) >= 11 is 0. The van der Waals surface area contributed by atoms with E-state index < -0.39 is 0 Å². The Morgan fingerprint density at radius 2 is 1.69 bits per heavy atom. The van der Waals surface area contributed by atoms with Crippen LogP contribution in [0.4, 0.5) is 0 Å². The predicted octanol–water partition coefficient (Wildman–Crippen LogP) is 4.50. The van der Waals surface area contributed by atoms with Crippen molar-refractivity contribution in [3.05, 3.63) is 76.5 Å². The smallest absolute Gasteiger partial charge is 0.294 e. The quantitative estimate of drug-likeness (QED) is 0.488. The summed E-state index contributed by atoms with van der Waals surface area (Å²) in [4.78, 5) is 13.2. The van der Waals surface area contributed by atoms with E-state index in [1.54, 1.807) is 0 Å². The van der Waals surface area contributed by atoms with Crippen LogP contribution in [0.3, 0.4) is 0 Å². The molecule has 0 bridgehead atoms. The van der Waals surface area contributed by atoms with E-state index in [1.807, 2.05) is 33.5 Å². The number of aromatic amines is 1. The number of tetrazole rings is 1. The van der Waals surface area contributed by atoms with Gasteiger partial charge in [-0.05, 0) is 55.0 Å². The average molecular weight is 431 g/mol. The minimum absolute atomic E-state index is 0.0414. The van der Waals surface area contributed by atoms with Gasteiger partial charge >= 0.3 is 5.69 Å². The van der Waals surface area contributed by atoms with Gasteiger partial charge in [-0.25, -0.2) is 4.79 Å². The van der Waals surface area contributed by atoms with Gasteiger partial charge < -0.3 is 0 Å². The van der Waals surface area contributed by atoms with Gasteiger partial charge in [0.15, 0.2) is 0 Å². The third-order valence-corrected chi connectivity index (χ3v) is 5.52. The molecule has 4 rings (SSSR count). The molecular formula is C25H30N6O. The fourth-order valence-corrected chi connectivity index (χ4v) is 3.94. The molecule has 0 aliphatic rings. The van der Waals surface area contributed by atoms with Crippen molar-refractivity contribution in [1.29, 1.82) is 0 Å². The fourth-order valence-electron chi connectivity index (χ4n) is 3.94. The summed E-state index contributed by atoms with van der Waals surface area (Å²) in [5, 5.41) is 14.4. The van der Waals surface area contributed by atoms with Crippen molar-refractivity contribution in [2.45, 2.75) is 53.1 Å². The normalized spacial score (nSPS) is 11.9. The highest BCUT2D eigenvalue weighted by Crippen LogP contribution is 2.29. The molecule has 0 radical (unpaired) electrons. The van der Waals surface area contributed by atoms with Gasteiger partial charge in [0, 0.05) is 23.0 Å². The molecule has 1 N–H and O–H groups in total. The molecule has 166 valence electrons. The first-order valence-corrected chi connectivity index (χ1v) is 11.0. The van der Waals surface area contributed by atoms with Crippen molar-refractivity contribution in [2.75, 3.05) is 0 Å².